The monoisotopic (exact) mass is 321 g/mol. The minimum Gasteiger partial charge on any atom is -0.463 e. The molecule has 2 N–H and O–H groups in total. The quantitative estimate of drug-likeness (QED) is 0.657. The van der Waals surface area contributed by atoms with Crippen LogP contribution in [0.2, 0.25) is 0 Å². The third-order valence-corrected chi connectivity index (χ3v) is 2.75. The summed E-state index contributed by atoms with van der Waals surface area (Å²) in [5.41, 5.74) is 3.27. The molecule has 0 saturated carbocycles. The van der Waals surface area contributed by atoms with Crippen molar-refractivity contribution in [2.45, 2.75) is 0 Å². The van der Waals surface area contributed by atoms with Crippen LogP contribution in [-0.4, -0.2) is 18.7 Å². The van der Waals surface area contributed by atoms with Crippen LogP contribution in [0.3, 0.4) is 0 Å². The van der Waals surface area contributed by atoms with E-state index >= 15 is 0 Å². The summed E-state index contributed by atoms with van der Waals surface area (Å²) in [7, 11) is 0. The SMILES string of the molecule is O=C(CNc1ccc(Br)cc1)N/N=C\c1ccco1. The number of anilines is 1. The molecule has 0 bridgehead atoms. The molecule has 6 heteroatoms. The van der Waals surface area contributed by atoms with E-state index in [4.69, 9.17) is 4.42 Å². The Morgan fingerprint density at radius 1 is 1.32 bits per heavy atom. The Morgan fingerprint density at radius 3 is 2.79 bits per heavy atom. The summed E-state index contributed by atoms with van der Waals surface area (Å²) in [6.07, 6.45) is 2.98. The predicted molar refractivity (Wildman–Crippen MR) is 77.1 cm³/mol. The highest BCUT2D eigenvalue weighted by Crippen LogP contribution is 2.13. The van der Waals surface area contributed by atoms with Gasteiger partial charge >= 0.3 is 0 Å². The fourth-order valence-electron chi connectivity index (χ4n) is 1.32. The maximum absolute atomic E-state index is 11.5. The molecule has 0 atom stereocenters. The summed E-state index contributed by atoms with van der Waals surface area (Å²) in [5.74, 6) is 0.354. The van der Waals surface area contributed by atoms with Crippen LogP contribution in [0.25, 0.3) is 0 Å². The Hall–Kier alpha value is -2.08. The number of nitrogens with one attached hydrogen (secondary N) is 2. The molecule has 19 heavy (non-hydrogen) atoms. The van der Waals surface area contributed by atoms with Gasteiger partial charge in [-0.2, -0.15) is 5.10 Å². The van der Waals surface area contributed by atoms with Gasteiger partial charge in [-0.3, -0.25) is 4.79 Å². The highest BCUT2D eigenvalue weighted by atomic mass is 79.9. The van der Waals surface area contributed by atoms with Crippen molar-refractivity contribution in [2.75, 3.05) is 11.9 Å². The summed E-state index contributed by atoms with van der Waals surface area (Å²) in [4.78, 5) is 11.5. The highest BCUT2D eigenvalue weighted by molar-refractivity contribution is 9.10. The largest absolute Gasteiger partial charge is 0.463 e. The van der Waals surface area contributed by atoms with E-state index in [0.717, 1.165) is 10.2 Å². The summed E-state index contributed by atoms with van der Waals surface area (Å²) < 4.78 is 6.03. The lowest BCUT2D eigenvalue weighted by molar-refractivity contribution is -0.119. The zero-order valence-electron chi connectivity index (χ0n) is 9.97. The molecule has 0 aliphatic carbocycles. The normalized spacial score (nSPS) is 10.6. The fourth-order valence-corrected chi connectivity index (χ4v) is 1.59. The second-order valence-corrected chi connectivity index (χ2v) is 4.58. The third-order valence-electron chi connectivity index (χ3n) is 2.22. The first-order valence-corrected chi connectivity index (χ1v) is 6.38. The highest BCUT2D eigenvalue weighted by Gasteiger charge is 1.99. The van der Waals surface area contributed by atoms with Gasteiger partial charge in [-0.1, -0.05) is 15.9 Å². The van der Waals surface area contributed by atoms with Crippen molar-refractivity contribution in [3.63, 3.8) is 0 Å². The molecule has 5 nitrogen and oxygen atoms in total. The van der Waals surface area contributed by atoms with Crippen molar-refractivity contribution >= 4 is 33.7 Å². The maximum Gasteiger partial charge on any atom is 0.259 e. The average Bonchev–Trinajstić information content (AvgIpc) is 2.91. The zero-order valence-corrected chi connectivity index (χ0v) is 11.6. The summed E-state index contributed by atoms with van der Waals surface area (Å²) >= 11 is 3.34. The van der Waals surface area contributed by atoms with E-state index in [0.29, 0.717) is 5.76 Å². The van der Waals surface area contributed by atoms with Gasteiger partial charge in [-0.05, 0) is 36.4 Å². The first-order valence-electron chi connectivity index (χ1n) is 5.59. The number of carbonyl (C=O) groups excluding carboxylic acids is 1. The molecular weight excluding hydrogens is 310 g/mol. The van der Waals surface area contributed by atoms with Crippen molar-refractivity contribution in [1.29, 1.82) is 0 Å². The van der Waals surface area contributed by atoms with Crippen molar-refractivity contribution in [1.82, 2.24) is 5.43 Å². The minimum atomic E-state index is -0.231. The fraction of sp³-hybridized carbons (Fsp3) is 0.0769. The number of hydrogen-bond donors (Lipinski definition) is 2. The Kier molecular flexibility index (Phi) is 4.74. The molecule has 0 spiro atoms. The van der Waals surface area contributed by atoms with E-state index < -0.39 is 0 Å². The first kappa shape index (κ1) is 13.4. The van der Waals surface area contributed by atoms with Gasteiger partial charge in [0.15, 0.2) is 0 Å². The van der Waals surface area contributed by atoms with Crippen LogP contribution in [0.15, 0.2) is 56.7 Å². The molecule has 1 heterocycles. The predicted octanol–water partition coefficient (Wildman–Crippen LogP) is 2.60. The van der Waals surface area contributed by atoms with Gasteiger partial charge in [-0.25, -0.2) is 5.43 Å². The van der Waals surface area contributed by atoms with E-state index in [2.05, 4.69) is 31.8 Å². The van der Waals surface area contributed by atoms with Gasteiger partial charge in [0.1, 0.15) is 5.76 Å². The zero-order chi connectivity index (χ0) is 13.5. The molecule has 0 aliphatic rings. The number of furan rings is 1. The summed E-state index contributed by atoms with van der Waals surface area (Å²) in [6.45, 7) is 0.150. The smallest absolute Gasteiger partial charge is 0.259 e. The number of carbonyl (C=O) groups is 1. The van der Waals surface area contributed by atoms with Crippen LogP contribution in [0, 0.1) is 0 Å². The molecule has 98 valence electrons. The van der Waals surface area contributed by atoms with E-state index in [1.165, 1.54) is 12.5 Å². The molecule has 2 aromatic rings. The van der Waals surface area contributed by atoms with E-state index in [-0.39, 0.29) is 12.5 Å². The lowest BCUT2D eigenvalue weighted by Gasteiger charge is -2.04. The molecule has 1 aromatic carbocycles. The van der Waals surface area contributed by atoms with Crippen LogP contribution in [-0.2, 0) is 4.79 Å². The van der Waals surface area contributed by atoms with Gasteiger partial charge in [-0.15, -0.1) is 0 Å². The van der Waals surface area contributed by atoms with Crippen LogP contribution < -0.4 is 10.7 Å². The van der Waals surface area contributed by atoms with Gasteiger partial charge in [0.05, 0.1) is 19.0 Å². The van der Waals surface area contributed by atoms with Gasteiger partial charge in [0.25, 0.3) is 5.91 Å². The molecule has 1 aromatic heterocycles. The standard InChI is InChI=1S/C13H12BrN3O2/c14-10-3-5-11(6-4-10)15-9-13(18)17-16-8-12-2-1-7-19-12/h1-8,15H,9H2,(H,17,18)/b16-8-. The minimum absolute atomic E-state index is 0.150. The van der Waals surface area contributed by atoms with Crippen LogP contribution >= 0.6 is 15.9 Å². The first-order chi connectivity index (χ1) is 9.24. The average molecular weight is 322 g/mol. The lowest BCUT2D eigenvalue weighted by Crippen LogP contribution is -2.25. The van der Waals surface area contributed by atoms with Gasteiger partial charge < -0.3 is 9.73 Å². The second kappa shape index (κ2) is 6.75. The van der Waals surface area contributed by atoms with E-state index in [1.807, 2.05) is 24.3 Å². The summed E-state index contributed by atoms with van der Waals surface area (Å²) in [5, 5.41) is 6.76. The number of halogens is 1. The molecular formula is C13H12BrN3O2. The number of hydrazone groups is 1. The van der Waals surface area contributed by atoms with Crippen LogP contribution in [0.4, 0.5) is 5.69 Å². The third kappa shape index (κ3) is 4.59. The van der Waals surface area contributed by atoms with Crippen LogP contribution in [0.1, 0.15) is 5.76 Å². The Balaban J connectivity index is 1.74. The topological polar surface area (TPSA) is 66.6 Å². The van der Waals surface area contributed by atoms with Gasteiger partial charge in [0, 0.05) is 10.2 Å². The summed E-state index contributed by atoms with van der Waals surface area (Å²) in [6, 6.07) is 11.0. The number of hydrogen-bond acceptors (Lipinski definition) is 4. The molecule has 0 saturated heterocycles. The lowest BCUT2D eigenvalue weighted by atomic mass is 10.3. The second-order valence-electron chi connectivity index (χ2n) is 3.67. The van der Waals surface area contributed by atoms with E-state index in [1.54, 1.807) is 12.1 Å². The van der Waals surface area contributed by atoms with Crippen molar-refractivity contribution in [2.24, 2.45) is 5.10 Å². The number of rotatable bonds is 5. The molecule has 0 fully saturated rings. The molecule has 2 rings (SSSR count). The van der Waals surface area contributed by atoms with Crippen LogP contribution in [0.5, 0.6) is 0 Å². The Bertz CT molecular complexity index is 550. The molecule has 0 radical (unpaired) electrons. The number of benzene rings is 1. The Morgan fingerprint density at radius 2 is 2.11 bits per heavy atom. The molecule has 1 amide bonds. The number of amides is 1. The Labute approximate surface area is 118 Å². The molecule has 0 aliphatic heterocycles. The van der Waals surface area contributed by atoms with Crippen molar-refractivity contribution < 1.29 is 9.21 Å². The molecule has 0 unspecified atom stereocenters. The maximum atomic E-state index is 11.5. The van der Waals surface area contributed by atoms with E-state index in [9.17, 15) is 4.79 Å². The van der Waals surface area contributed by atoms with Crippen molar-refractivity contribution in [3.05, 3.63) is 52.9 Å². The number of nitrogens with zero attached hydrogens (tertiary/aromatic N) is 1. The van der Waals surface area contributed by atoms with Crippen molar-refractivity contribution in [3.8, 4) is 0 Å². The van der Waals surface area contributed by atoms with Gasteiger partial charge in [0.2, 0.25) is 0 Å².